The lowest BCUT2D eigenvalue weighted by Gasteiger charge is -2.05. The number of amides is 1. The summed E-state index contributed by atoms with van der Waals surface area (Å²) in [5, 5.41) is 0. The number of carbonyl (C=O) groups excluding carboxylic acids is 1. The molecule has 0 atom stereocenters. The van der Waals surface area contributed by atoms with Crippen LogP contribution in [0.4, 0.5) is 4.39 Å². The van der Waals surface area contributed by atoms with E-state index in [1.807, 2.05) is 18.4 Å². The van der Waals surface area contributed by atoms with E-state index < -0.39 is 5.91 Å². The number of benzene rings is 1. The first-order valence-electron chi connectivity index (χ1n) is 5.58. The Hall–Kier alpha value is -1.79. The van der Waals surface area contributed by atoms with Crippen molar-refractivity contribution < 1.29 is 13.6 Å². The highest BCUT2D eigenvalue weighted by atomic mass is 32.2. The fourth-order valence-corrected chi connectivity index (χ4v) is 2.52. The number of hydrazine groups is 1. The second-order valence-corrected chi connectivity index (χ2v) is 4.93. The largest absolute Gasteiger partial charge is 0.468 e. The minimum absolute atomic E-state index is 0.336. The predicted molar refractivity (Wildman–Crippen MR) is 71.1 cm³/mol. The van der Waals surface area contributed by atoms with Gasteiger partial charge in [-0.1, -0.05) is 0 Å². The number of nitrogens with one attached hydrogen (secondary N) is 1. The van der Waals surface area contributed by atoms with Crippen molar-refractivity contribution in [2.45, 2.75) is 17.6 Å². The van der Waals surface area contributed by atoms with E-state index in [0.29, 0.717) is 16.9 Å². The zero-order valence-corrected chi connectivity index (χ0v) is 11.1. The van der Waals surface area contributed by atoms with Crippen LogP contribution in [0, 0.1) is 12.7 Å². The Morgan fingerprint density at radius 1 is 1.47 bits per heavy atom. The minimum atomic E-state index is -0.439. The SMILES string of the molecule is Cc1occc1SCc1cc(C(=O)NN)ccc1F. The number of hydrogen-bond acceptors (Lipinski definition) is 4. The second-order valence-electron chi connectivity index (χ2n) is 3.91. The number of thioether (sulfide) groups is 1. The number of halogens is 1. The van der Waals surface area contributed by atoms with Gasteiger partial charge in [-0.2, -0.15) is 0 Å². The number of nitrogens with two attached hydrogens (primary N) is 1. The quantitative estimate of drug-likeness (QED) is 0.391. The molecule has 2 aromatic rings. The number of aryl methyl sites for hydroxylation is 1. The van der Waals surface area contributed by atoms with Gasteiger partial charge in [0, 0.05) is 16.2 Å². The summed E-state index contributed by atoms with van der Waals surface area (Å²) in [6, 6.07) is 5.99. The second kappa shape index (κ2) is 5.90. The van der Waals surface area contributed by atoms with E-state index in [1.165, 1.54) is 30.0 Å². The van der Waals surface area contributed by atoms with Gasteiger partial charge in [0.25, 0.3) is 5.91 Å². The highest BCUT2D eigenvalue weighted by Gasteiger charge is 2.10. The van der Waals surface area contributed by atoms with Gasteiger partial charge in [-0.3, -0.25) is 10.2 Å². The predicted octanol–water partition coefficient (Wildman–Crippen LogP) is 2.62. The number of nitrogen functional groups attached to an aromatic ring is 1. The molecule has 2 rings (SSSR count). The smallest absolute Gasteiger partial charge is 0.265 e. The van der Waals surface area contributed by atoms with Crippen molar-refractivity contribution in [3.05, 3.63) is 53.2 Å². The average Bonchev–Trinajstić information content (AvgIpc) is 2.82. The standard InChI is InChI=1S/C13H13FN2O2S/c1-8-12(4-5-18-8)19-7-10-6-9(13(17)16-15)2-3-11(10)14/h2-6H,7,15H2,1H3,(H,16,17). The first-order valence-corrected chi connectivity index (χ1v) is 6.56. The molecular weight excluding hydrogens is 267 g/mol. The molecule has 0 radical (unpaired) electrons. The van der Waals surface area contributed by atoms with Crippen molar-refractivity contribution in [3.63, 3.8) is 0 Å². The number of carbonyl (C=O) groups is 1. The Balaban J connectivity index is 2.15. The summed E-state index contributed by atoms with van der Waals surface area (Å²) in [5.41, 5.74) is 2.81. The summed E-state index contributed by atoms with van der Waals surface area (Å²) in [5.74, 6) is 5.48. The molecule has 0 saturated carbocycles. The van der Waals surface area contributed by atoms with Crippen LogP contribution in [0.2, 0.25) is 0 Å². The maximum absolute atomic E-state index is 13.7. The van der Waals surface area contributed by atoms with E-state index in [0.717, 1.165) is 10.7 Å². The molecule has 1 amide bonds. The molecule has 0 fully saturated rings. The van der Waals surface area contributed by atoms with E-state index in [4.69, 9.17) is 10.3 Å². The summed E-state index contributed by atoms with van der Waals surface area (Å²) >= 11 is 1.45. The Morgan fingerprint density at radius 3 is 2.89 bits per heavy atom. The lowest BCUT2D eigenvalue weighted by Crippen LogP contribution is -2.30. The van der Waals surface area contributed by atoms with E-state index in [2.05, 4.69) is 0 Å². The number of rotatable bonds is 4. The van der Waals surface area contributed by atoms with Crippen LogP contribution in [0.1, 0.15) is 21.7 Å². The molecule has 1 heterocycles. The number of hydrogen-bond donors (Lipinski definition) is 2. The Morgan fingerprint density at radius 2 is 2.26 bits per heavy atom. The van der Waals surface area contributed by atoms with Gasteiger partial charge in [0.05, 0.1) is 6.26 Å². The molecule has 1 aromatic heterocycles. The first-order chi connectivity index (χ1) is 9.11. The van der Waals surface area contributed by atoms with Crippen LogP contribution in [-0.4, -0.2) is 5.91 Å². The summed E-state index contributed by atoms with van der Waals surface area (Å²) in [4.78, 5) is 12.3. The first kappa shape index (κ1) is 13.6. The van der Waals surface area contributed by atoms with Crippen LogP contribution >= 0.6 is 11.8 Å². The van der Waals surface area contributed by atoms with Gasteiger partial charge in [0.15, 0.2) is 0 Å². The van der Waals surface area contributed by atoms with E-state index >= 15 is 0 Å². The average molecular weight is 280 g/mol. The maximum atomic E-state index is 13.7. The van der Waals surface area contributed by atoms with E-state index in [1.54, 1.807) is 6.26 Å². The maximum Gasteiger partial charge on any atom is 0.265 e. The normalized spacial score (nSPS) is 10.5. The van der Waals surface area contributed by atoms with Crippen molar-refractivity contribution >= 4 is 17.7 Å². The van der Waals surface area contributed by atoms with Gasteiger partial charge < -0.3 is 4.42 Å². The third-order valence-electron chi connectivity index (χ3n) is 2.63. The molecule has 6 heteroatoms. The molecule has 0 bridgehead atoms. The van der Waals surface area contributed by atoms with Crippen molar-refractivity contribution in [3.8, 4) is 0 Å². The molecule has 0 unspecified atom stereocenters. The summed E-state index contributed by atoms with van der Waals surface area (Å²) in [6.45, 7) is 1.84. The van der Waals surface area contributed by atoms with Crippen molar-refractivity contribution in [2.24, 2.45) is 5.84 Å². The molecule has 0 spiro atoms. The zero-order chi connectivity index (χ0) is 13.8. The molecule has 0 saturated heterocycles. The van der Waals surface area contributed by atoms with Crippen molar-refractivity contribution in [1.82, 2.24) is 5.43 Å². The Labute approximate surface area is 114 Å². The third-order valence-corrected chi connectivity index (χ3v) is 3.82. The van der Waals surface area contributed by atoms with Crippen LogP contribution in [0.5, 0.6) is 0 Å². The van der Waals surface area contributed by atoms with Gasteiger partial charge in [0.2, 0.25) is 0 Å². The highest BCUT2D eigenvalue weighted by molar-refractivity contribution is 7.98. The summed E-state index contributed by atoms with van der Waals surface area (Å²) in [6.07, 6.45) is 1.59. The Kier molecular flexibility index (Phi) is 4.24. The van der Waals surface area contributed by atoms with Gasteiger partial charge in [-0.15, -0.1) is 11.8 Å². The van der Waals surface area contributed by atoms with Gasteiger partial charge in [-0.05, 0) is 36.8 Å². The summed E-state index contributed by atoms with van der Waals surface area (Å²) < 4.78 is 18.8. The molecule has 0 aliphatic carbocycles. The summed E-state index contributed by atoms with van der Waals surface area (Å²) in [7, 11) is 0. The minimum Gasteiger partial charge on any atom is -0.468 e. The van der Waals surface area contributed by atoms with Crippen molar-refractivity contribution in [1.29, 1.82) is 0 Å². The number of furan rings is 1. The van der Waals surface area contributed by atoms with E-state index in [-0.39, 0.29) is 5.82 Å². The van der Waals surface area contributed by atoms with Crippen LogP contribution in [0.3, 0.4) is 0 Å². The van der Waals surface area contributed by atoms with Crippen molar-refractivity contribution in [2.75, 3.05) is 0 Å². The fraction of sp³-hybridized carbons (Fsp3) is 0.154. The van der Waals surface area contributed by atoms with Gasteiger partial charge in [-0.25, -0.2) is 10.2 Å². The molecular formula is C13H13FN2O2S. The molecule has 4 nitrogen and oxygen atoms in total. The topological polar surface area (TPSA) is 68.3 Å². The monoisotopic (exact) mass is 280 g/mol. The van der Waals surface area contributed by atoms with Crippen LogP contribution in [0.15, 0.2) is 39.8 Å². The van der Waals surface area contributed by atoms with Gasteiger partial charge in [0.1, 0.15) is 11.6 Å². The van der Waals surface area contributed by atoms with Crippen LogP contribution in [-0.2, 0) is 5.75 Å². The Bertz CT molecular complexity index is 598. The fourth-order valence-electron chi connectivity index (χ4n) is 1.59. The lowest BCUT2D eigenvalue weighted by molar-refractivity contribution is 0.0953. The van der Waals surface area contributed by atoms with E-state index in [9.17, 15) is 9.18 Å². The molecule has 100 valence electrons. The van der Waals surface area contributed by atoms with Gasteiger partial charge >= 0.3 is 0 Å². The molecule has 0 aliphatic rings. The molecule has 1 aromatic carbocycles. The molecule has 0 aliphatic heterocycles. The van der Waals surface area contributed by atoms with Crippen LogP contribution < -0.4 is 11.3 Å². The lowest BCUT2D eigenvalue weighted by atomic mass is 10.1. The van der Waals surface area contributed by atoms with Crippen LogP contribution in [0.25, 0.3) is 0 Å². The highest BCUT2D eigenvalue weighted by Crippen LogP contribution is 2.27. The zero-order valence-electron chi connectivity index (χ0n) is 10.3. The molecule has 3 N–H and O–H groups in total. The molecule has 19 heavy (non-hydrogen) atoms. The third kappa shape index (κ3) is 3.15.